The van der Waals surface area contributed by atoms with E-state index in [0.717, 1.165) is 0 Å². The van der Waals surface area contributed by atoms with Crippen LogP contribution in [0.15, 0.2) is 35.2 Å². The van der Waals surface area contributed by atoms with Gasteiger partial charge in [0.25, 0.3) is 10.0 Å². The van der Waals surface area contributed by atoms with Gasteiger partial charge in [-0.1, -0.05) is 46.4 Å². The Labute approximate surface area is 141 Å². The van der Waals surface area contributed by atoms with Crippen LogP contribution in [-0.4, -0.2) is 13.5 Å². The number of aromatic hydroxyl groups is 1. The minimum atomic E-state index is -3.98. The van der Waals surface area contributed by atoms with Crippen LogP contribution >= 0.6 is 46.4 Å². The normalized spacial score (nSPS) is 11.4. The summed E-state index contributed by atoms with van der Waals surface area (Å²) in [5, 5.41) is 9.52. The standard InChI is InChI=1S/C12H7Cl4NO3S/c13-6-1-2-8(14)11(3-6)21(19,20)17-7-4-9(15)12(18)10(16)5-7/h1-5,17-18H. The summed E-state index contributed by atoms with van der Waals surface area (Å²) < 4.78 is 26.8. The number of hydrogen-bond donors (Lipinski definition) is 2. The molecule has 0 saturated heterocycles. The average Bonchev–Trinajstić information content (AvgIpc) is 2.38. The van der Waals surface area contributed by atoms with E-state index in [1.807, 2.05) is 0 Å². The predicted octanol–water partition coefficient (Wildman–Crippen LogP) is 4.81. The van der Waals surface area contributed by atoms with E-state index in [1.165, 1.54) is 30.3 Å². The highest BCUT2D eigenvalue weighted by Crippen LogP contribution is 2.35. The molecule has 2 aromatic rings. The second-order valence-corrected chi connectivity index (χ2v) is 7.28. The third kappa shape index (κ3) is 3.67. The average molecular weight is 387 g/mol. The van der Waals surface area contributed by atoms with Gasteiger partial charge in [-0.25, -0.2) is 8.42 Å². The number of nitrogens with one attached hydrogen (secondary N) is 1. The first-order chi connectivity index (χ1) is 9.70. The van der Waals surface area contributed by atoms with E-state index in [9.17, 15) is 13.5 Å². The zero-order valence-corrected chi connectivity index (χ0v) is 13.9. The van der Waals surface area contributed by atoms with Gasteiger partial charge in [-0.15, -0.1) is 0 Å². The Kier molecular flexibility index (Phi) is 4.80. The molecule has 0 aliphatic carbocycles. The van der Waals surface area contributed by atoms with Crippen LogP contribution in [0.2, 0.25) is 20.1 Å². The molecule has 0 unspecified atom stereocenters. The third-order valence-corrected chi connectivity index (χ3v) is 5.13. The minimum Gasteiger partial charge on any atom is -0.505 e. The molecule has 0 aliphatic rings. The lowest BCUT2D eigenvalue weighted by Gasteiger charge is -2.11. The SMILES string of the molecule is O=S(=O)(Nc1cc(Cl)c(O)c(Cl)c1)c1cc(Cl)ccc1Cl. The zero-order chi connectivity index (χ0) is 15.8. The van der Waals surface area contributed by atoms with Crippen LogP contribution in [0.25, 0.3) is 0 Å². The molecule has 2 rings (SSSR count). The van der Waals surface area contributed by atoms with Gasteiger partial charge in [0.15, 0.2) is 5.75 Å². The van der Waals surface area contributed by atoms with Crippen molar-refractivity contribution < 1.29 is 13.5 Å². The maximum atomic E-state index is 12.3. The Balaban J connectivity index is 2.45. The van der Waals surface area contributed by atoms with Gasteiger partial charge in [0.2, 0.25) is 0 Å². The van der Waals surface area contributed by atoms with Gasteiger partial charge in [0.05, 0.1) is 20.8 Å². The van der Waals surface area contributed by atoms with Crippen LogP contribution in [0.3, 0.4) is 0 Å². The summed E-state index contributed by atoms with van der Waals surface area (Å²) in [6, 6.07) is 6.50. The molecule has 9 heteroatoms. The topological polar surface area (TPSA) is 66.4 Å². The molecule has 21 heavy (non-hydrogen) atoms. The van der Waals surface area contributed by atoms with Crippen molar-refractivity contribution in [2.75, 3.05) is 4.72 Å². The fourth-order valence-electron chi connectivity index (χ4n) is 1.52. The Morgan fingerprint density at radius 2 is 1.48 bits per heavy atom. The van der Waals surface area contributed by atoms with Crippen LogP contribution in [0.4, 0.5) is 5.69 Å². The summed E-state index contributed by atoms with van der Waals surface area (Å²) in [6.45, 7) is 0. The van der Waals surface area contributed by atoms with Gasteiger partial charge in [-0.3, -0.25) is 4.72 Å². The Morgan fingerprint density at radius 3 is 2.05 bits per heavy atom. The van der Waals surface area contributed by atoms with E-state index in [4.69, 9.17) is 46.4 Å². The van der Waals surface area contributed by atoms with Crippen LogP contribution in [0.1, 0.15) is 0 Å². The van der Waals surface area contributed by atoms with Gasteiger partial charge in [-0.05, 0) is 30.3 Å². The third-order valence-electron chi connectivity index (χ3n) is 2.45. The lowest BCUT2D eigenvalue weighted by atomic mass is 10.3. The number of hydrogen-bond acceptors (Lipinski definition) is 3. The monoisotopic (exact) mass is 385 g/mol. The highest BCUT2D eigenvalue weighted by atomic mass is 35.5. The summed E-state index contributed by atoms with van der Waals surface area (Å²) in [4.78, 5) is -0.183. The molecule has 2 aromatic carbocycles. The van der Waals surface area contributed by atoms with E-state index in [1.54, 1.807) is 0 Å². The highest BCUT2D eigenvalue weighted by Gasteiger charge is 2.19. The molecule has 0 bridgehead atoms. The highest BCUT2D eigenvalue weighted by molar-refractivity contribution is 7.92. The van der Waals surface area contributed by atoms with Crippen molar-refractivity contribution >= 4 is 62.1 Å². The summed E-state index contributed by atoms with van der Waals surface area (Å²) in [7, 11) is -3.98. The van der Waals surface area contributed by atoms with Crippen LogP contribution < -0.4 is 4.72 Å². The molecular formula is C12H7Cl4NO3S. The van der Waals surface area contributed by atoms with E-state index < -0.39 is 10.0 Å². The first kappa shape index (κ1) is 16.5. The van der Waals surface area contributed by atoms with Crippen molar-refractivity contribution in [1.29, 1.82) is 0 Å². The molecule has 2 N–H and O–H groups in total. The smallest absolute Gasteiger partial charge is 0.263 e. The molecular weight excluding hydrogens is 380 g/mol. The fraction of sp³-hybridized carbons (Fsp3) is 0. The predicted molar refractivity (Wildman–Crippen MR) is 85.4 cm³/mol. The number of phenols is 1. The van der Waals surface area contributed by atoms with E-state index in [2.05, 4.69) is 4.72 Å². The lowest BCUT2D eigenvalue weighted by molar-refractivity contribution is 0.476. The second kappa shape index (κ2) is 6.10. The summed E-state index contributed by atoms with van der Waals surface area (Å²) in [5.74, 6) is -0.331. The Hall–Kier alpha value is -0.850. The quantitative estimate of drug-likeness (QED) is 0.744. The fourth-order valence-corrected chi connectivity index (χ4v) is 3.81. The zero-order valence-electron chi connectivity index (χ0n) is 10.1. The second-order valence-electron chi connectivity index (χ2n) is 3.97. The molecule has 0 fully saturated rings. The number of phenolic OH excluding ortho intramolecular Hbond substituents is 1. The number of anilines is 1. The first-order valence-corrected chi connectivity index (χ1v) is 8.36. The van der Waals surface area contributed by atoms with Gasteiger partial charge in [0, 0.05) is 5.02 Å². The summed E-state index contributed by atoms with van der Waals surface area (Å²) >= 11 is 23.1. The molecule has 4 nitrogen and oxygen atoms in total. The molecule has 0 aliphatic heterocycles. The maximum absolute atomic E-state index is 12.3. The molecule has 112 valence electrons. The van der Waals surface area contributed by atoms with Crippen molar-refractivity contribution in [2.45, 2.75) is 4.90 Å². The molecule has 0 amide bonds. The van der Waals surface area contributed by atoms with Crippen LogP contribution in [0.5, 0.6) is 5.75 Å². The van der Waals surface area contributed by atoms with E-state index >= 15 is 0 Å². The molecule has 0 heterocycles. The summed E-state index contributed by atoms with van der Waals surface area (Å²) in [6.07, 6.45) is 0. The van der Waals surface area contributed by atoms with Crippen molar-refractivity contribution in [3.8, 4) is 5.75 Å². The molecule has 0 spiro atoms. The Morgan fingerprint density at radius 1 is 0.905 bits per heavy atom. The number of sulfonamides is 1. The molecule has 0 saturated carbocycles. The molecule has 0 aromatic heterocycles. The summed E-state index contributed by atoms with van der Waals surface area (Å²) in [5.41, 5.74) is 0.0823. The lowest BCUT2D eigenvalue weighted by Crippen LogP contribution is -2.13. The van der Waals surface area contributed by atoms with Crippen molar-refractivity contribution in [1.82, 2.24) is 0 Å². The van der Waals surface area contributed by atoms with Gasteiger partial charge in [-0.2, -0.15) is 0 Å². The number of benzene rings is 2. The first-order valence-electron chi connectivity index (χ1n) is 5.36. The van der Waals surface area contributed by atoms with Gasteiger partial charge >= 0.3 is 0 Å². The number of rotatable bonds is 3. The minimum absolute atomic E-state index is 0.0165. The van der Waals surface area contributed by atoms with Crippen molar-refractivity contribution in [3.05, 3.63) is 50.4 Å². The van der Waals surface area contributed by atoms with Gasteiger partial charge in [0.1, 0.15) is 4.90 Å². The number of halogens is 4. The molecule has 0 atom stereocenters. The van der Waals surface area contributed by atoms with Crippen LogP contribution in [-0.2, 0) is 10.0 Å². The Bertz CT molecular complexity index is 785. The van der Waals surface area contributed by atoms with E-state index in [0.29, 0.717) is 0 Å². The van der Waals surface area contributed by atoms with Crippen molar-refractivity contribution in [2.24, 2.45) is 0 Å². The van der Waals surface area contributed by atoms with E-state index in [-0.39, 0.29) is 36.4 Å². The maximum Gasteiger partial charge on any atom is 0.263 e. The largest absolute Gasteiger partial charge is 0.505 e. The van der Waals surface area contributed by atoms with Crippen LogP contribution in [0, 0.1) is 0 Å². The molecule has 0 radical (unpaired) electrons. The van der Waals surface area contributed by atoms with Gasteiger partial charge < -0.3 is 5.11 Å². The van der Waals surface area contributed by atoms with Crippen molar-refractivity contribution in [3.63, 3.8) is 0 Å².